The fourth-order valence-corrected chi connectivity index (χ4v) is 3.37. The number of thiophene rings is 1. The predicted molar refractivity (Wildman–Crippen MR) is 71.7 cm³/mol. The molecule has 0 N–H and O–H groups in total. The zero-order chi connectivity index (χ0) is 11.7. The Kier molecular flexibility index (Phi) is 3.93. The van der Waals surface area contributed by atoms with Gasteiger partial charge in [-0.1, -0.05) is 34.5 Å². The zero-order valence-corrected chi connectivity index (χ0v) is 12.1. The first-order valence-electron chi connectivity index (χ1n) is 5.26. The van der Waals surface area contributed by atoms with Crippen LogP contribution in [0, 0.1) is 5.92 Å². The lowest BCUT2D eigenvalue weighted by Crippen LogP contribution is -2.43. The van der Waals surface area contributed by atoms with E-state index in [0.29, 0.717) is 20.6 Å². The first-order chi connectivity index (χ1) is 7.59. The topological polar surface area (TPSA) is 20.3 Å². The van der Waals surface area contributed by atoms with Crippen molar-refractivity contribution in [1.29, 1.82) is 0 Å². The van der Waals surface area contributed by atoms with Crippen molar-refractivity contribution >= 4 is 44.8 Å². The Labute approximate surface area is 113 Å². The van der Waals surface area contributed by atoms with Crippen LogP contribution < -0.4 is 0 Å². The fourth-order valence-electron chi connectivity index (χ4n) is 1.89. The number of hydrogen-bond acceptors (Lipinski definition) is 2. The van der Waals surface area contributed by atoms with Gasteiger partial charge in [0.15, 0.2) is 0 Å². The summed E-state index contributed by atoms with van der Waals surface area (Å²) in [4.78, 5) is 15.3. The summed E-state index contributed by atoms with van der Waals surface area (Å²) in [7, 11) is 0. The molecule has 5 heteroatoms. The van der Waals surface area contributed by atoms with E-state index in [1.165, 1.54) is 11.3 Å². The Morgan fingerprint density at radius 1 is 1.69 bits per heavy atom. The summed E-state index contributed by atoms with van der Waals surface area (Å²) in [6.07, 6.45) is 1.01. The van der Waals surface area contributed by atoms with Gasteiger partial charge in [0.2, 0.25) is 0 Å². The molecule has 2 atom stereocenters. The highest BCUT2D eigenvalue weighted by molar-refractivity contribution is 9.09. The average molecular weight is 323 g/mol. The van der Waals surface area contributed by atoms with Crippen molar-refractivity contribution in [3.05, 3.63) is 21.3 Å². The Hall–Kier alpha value is -0.0600. The number of amides is 1. The lowest BCUT2D eigenvalue weighted by Gasteiger charge is -2.34. The van der Waals surface area contributed by atoms with Crippen LogP contribution in [0.2, 0.25) is 5.02 Å². The smallest absolute Gasteiger partial charge is 0.265 e. The van der Waals surface area contributed by atoms with Gasteiger partial charge in [-0.05, 0) is 23.8 Å². The molecule has 2 unspecified atom stereocenters. The van der Waals surface area contributed by atoms with Gasteiger partial charge in [-0.2, -0.15) is 0 Å². The summed E-state index contributed by atoms with van der Waals surface area (Å²) in [5.41, 5.74) is 0. The minimum atomic E-state index is 0.0752. The van der Waals surface area contributed by atoms with Crippen LogP contribution in [-0.2, 0) is 0 Å². The van der Waals surface area contributed by atoms with Crippen LogP contribution in [0.25, 0.3) is 0 Å². The van der Waals surface area contributed by atoms with Gasteiger partial charge in [-0.15, -0.1) is 11.3 Å². The molecule has 16 heavy (non-hydrogen) atoms. The van der Waals surface area contributed by atoms with Gasteiger partial charge in [-0.25, -0.2) is 0 Å². The molecule has 2 nitrogen and oxygen atoms in total. The van der Waals surface area contributed by atoms with Crippen molar-refractivity contribution in [2.75, 3.05) is 13.1 Å². The highest BCUT2D eigenvalue weighted by Crippen LogP contribution is 2.28. The van der Waals surface area contributed by atoms with Crippen LogP contribution in [0.3, 0.4) is 0 Å². The molecule has 88 valence electrons. The molecule has 0 aromatic carbocycles. The fraction of sp³-hybridized carbons (Fsp3) is 0.545. The third-order valence-electron chi connectivity index (χ3n) is 2.90. The summed E-state index contributed by atoms with van der Waals surface area (Å²) in [6.45, 7) is 3.78. The van der Waals surface area contributed by atoms with Gasteiger partial charge in [0.25, 0.3) is 5.91 Å². The van der Waals surface area contributed by atoms with Crippen molar-refractivity contribution in [3.8, 4) is 0 Å². The van der Waals surface area contributed by atoms with Crippen molar-refractivity contribution in [1.82, 2.24) is 4.90 Å². The first-order valence-corrected chi connectivity index (χ1v) is 7.43. The molecule has 2 heterocycles. The largest absolute Gasteiger partial charge is 0.338 e. The van der Waals surface area contributed by atoms with E-state index in [4.69, 9.17) is 11.6 Å². The third kappa shape index (κ3) is 2.44. The van der Waals surface area contributed by atoms with Gasteiger partial charge in [0, 0.05) is 17.9 Å². The molecule has 1 amide bonds. The van der Waals surface area contributed by atoms with E-state index in [9.17, 15) is 4.79 Å². The van der Waals surface area contributed by atoms with Crippen molar-refractivity contribution in [2.45, 2.75) is 18.2 Å². The molecule has 0 saturated carbocycles. The summed E-state index contributed by atoms with van der Waals surface area (Å²) in [6, 6.07) is 1.78. The van der Waals surface area contributed by atoms with Crippen LogP contribution in [0.15, 0.2) is 11.4 Å². The lowest BCUT2D eigenvalue weighted by molar-refractivity contribution is 0.0695. The molecule has 0 bridgehead atoms. The van der Waals surface area contributed by atoms with E-state index in [1.54, 1.807) is 6.07 Å². The molecule has 1 fully saturated rings. The number of rotatable bonds is 1. The number of piperidine rings is 1. The second-order valence-electron chi connectivity index (χ2n) is 4.13. The molecule has 1 saturated heterocycles. The number of nitrogens with zero attached hydrogens (tertiary/aromatic N) is 1. The van der Waals surface area contributed by atoms with Gasteiger partial charge in [0.05, 0.1) is 5.02 Å². The van der Waals surface area contributed by atoms with E-state index in [2.05, 4.69) is 22.9 Å². The molecule has 1 aliphatic rings. The van der Waals surface area contributed by atoms with Crippen LogP contribution in [0.1, 0.15) is 23.0 Å². The molecule has 1 aromatic heterocycles. The molecule has 0 radical (unpaired) electrons. The van der Waals surface area contributed by atoms with Crippen molar-refractivity contribution < 1.29 is 4.79 Å². The third-order valence-corrected chi connectivity index (χ3v) is 5.59. The standard InChI is InChI=1S/C11H13BrClNOS/c1-7-6-14(4-2-8(7)12)11(15)10-9(13)3-5-16-10/h3,5,7-8H,2,4,6H2,1H3. The highest BCUT2D eigenvalue weighted by atomic mass is 79.9. The van der Waals surface area contributed by atoms with Crippen LogP contribution in [0.4, 0.5) is 0 Å². The second kappa shape index (κ2) is 5.07. The zero-order valence-electron chi connectivity index (χ0n) is 8.95. The van der Waals surface area contributed by atoms with Gasteiger partial charge in [-0.3, -0.25) is 4.79 Å². The highest BCUT2D eigenvalue weighted by Gasteiger charge is 2.28. The van der Waals surface area contributed by atoms with Gasteiger partial charge >= 0.3 is 0 Å². The van der Waals surface area contributed by atoms with E-state index in [1.807, 2.05) is 10.3 Å². The number of halogens is 2. The molecule has 1 aliphatic heterocycles. The van der Waals surface area contributed by atoms with E-state index in [-0.39, 0.29) is 5.91 Å². The number of hydrogen-bond donors (Lipinski definition) is 0. The maximum atomic E-state index is 12.2. The molecular formula is C11H13BrClNOS. The molecule has 0 spiro atoms. The van der Waals surface area contributed by atoms with Crippen molar-refractivity contribution in [3.63, 3.8) is 0 Å². The maximum Gasteiger partial charge on any atom is 0.265 e. The summed E-state index contributed by atoms with van der Waals surface area (Å²) < 4.78 is 0. The Morgan fingerprint density at radius 2 is 2.44 bits per heavy atom. The minimum absolute atomic E-state index is 0.0752. The summed E-state index contributed by atoms with van der Waals surface area (Å²) in [5.74, 6) is 0.572. The van der Waals surface area contributed by atoms with Crippen molar-refractivity contribution in [2.24, 2.45) is 5.92 Å². The number of alkyl halides is 1. The average Bonchev–Trinajstić information content (AvgIpc) is 2.67. The minimum Gasteiger partial charge on any atom is -0.338 e. The van der Waals surface area contributed by atoms with E-state index >= 15 is 0 Å². The Morgan fingerprint density at radius 3 is 3.00 bits per heavy atom. The first kappa shape index (κ1) is 12.4. The van der Waals surface area contributed by atoms with Crippen LogP contribution >= 0.6 is 38.9 Å². The van der Waals surface area contributed by atoms with E-state index in [0.717, 1.165) is 19.5 Å². The second-order valence-corrected chi connectivity index (χ2v) is 6.63. The SMILES string of the molecule is CC1CN(C(=O)c2sccc2Cl)CCC1Br. The van der Waals surface area contributed by atoms with Crippen LogP contribution in [-0.4, -0.2) is 28.7 Å². The van der Waals surface area contributed by atoms with Gasteiger partial charge < -0.3 is 4.90 Å². The molecule has 0 aliphatic carbocycles. The van der Waals surface area contributed by atoms with E-state index < -0.39 is 0 Å². The summed E-state index contributed by atoms with van der Waals surface area (Å²) in [5, 5.41) is 2.43. The number of carbonyl (C=O) groups is 1. The Balaban J connectivity index is 2.09. The normalized spacial score (nSPS) is 25.8. The molecular weight excluding hydrogens is 310 g/mol. The Bertz CT molecular complexity index is 395. The molecule has 1 aromatic rings. The predicted octanol–water partition coefficient (Wildman–Crippen LogP) is 3.65. The monoisotopic (exact) mass is 321 g/mol. The lowest BCUT2D eigenvalue weighted by atomic mass is 10.00. The molecule has 2 rings (SSSR count). The van der Waals surface area contributed by atoms with Gasteiger partial charge in [0.1, 0.15) is 4.88 Å². The number of carbonyl (C=O) groups excluding carboxylic acids is 1. The van der Waals surface area contributed by atoms with Crippen LogP contribution in [0.5, 0.6) is 0 Å². The maximum absolute atomic E-state index is 12.2. The summed E-state index contributed by atoms with van der Waals surface area (Å²) >= 11 is 11.0. The quantitative estimate of drug-likeness (QED) is 0.723. The number of likely N-dealkylation sites (tertiary alicyclic amines) is 1.